The Morgan fingerprint density at radius 1 is 1.37 bits per heavy atom. The molecular formula is C21H33ClN2O3. The van der Waals surface area contributed by atoms with Crippen LogP contribution in [-0.4, -0.2) is 54.3 Å². The van der Waals surface area contributed by atoms with Crippen LogP contribution in [-0.2, 0) is 0 Å². The third-order valence-electron chi connectivity index (χ3n) is 4.69. The molecule has 1 heterocycles. The predicted octanol–water partition coefficient (Wildman–Crippen LogP) is 3.73. The smallest absolute Gasteiger partial charge is 0.251 e. The minimum absolute atomic E-state index is 0.151. The highest BCUT2D eigenvalue weighted by molar-refractivity contribution is 6.32. The lowest BCUT2D eigenvalue weighted by molar-refractivity contribution is 0.0810. The van der Waals surface area contributed by atoms with Gasteiger partial charge in [0.05, 0.1) is 11.1 Å². The summed E-state index contributed by atoms with van der Waals surface area (Å²) in [7, 11) is 0. The second-order valence-corrected chi connectivity index (χ2v) is 8.98. The van der Waals surface area contributed by atoms with Crippen molar-refractivity contribution in [3.05, 3.63) is 28.8 Å². The van der Waals surface area contributed by atoms with Crippen LogP contribution in [0, 0.1) is 5.41 Å². The third kappa shape index (κ3) is 7.32. The summed E-state index contributed by atoms with van der Waals surface area (Å²) in [6, 6.07) is 5.10. The molecule has 1 aliphatic heterocycles. The molecule has 0 radical (unpaired) electrons. The number of nitrogens with one attached hydrogen (secondary N) is 1. The number of nitrogens with zero attached hydrogens (tertiary/aromatic N) is 1. The summed E-state index contributed by atoms with van der Waals surface area (Å²) in [4.78, 5) is 14.6. The van der Waals surface area contributed by atoms with E-state index in [1.807, 2.05) is 6.92 Å². The molecule has 0 aliphatic carbocycles. The van der Waals surface area contributed by atoms with E-state index in [4.69, 9.17) is 16.3 Å². The number of rotatable bonds is 7. The van der Waals surface area contributed by atoms with Crippen LogP contribution in [0.15, 0.2) is 18.2 Å². The van der Waals surface area contributed by atoms with Gasteiger partial charge >= 0.3 is 0 Å². The summed E-state index contributed by atoms with van der Waals surface area (Å²) < 4.78 is 6.08. The summed E-state index contributed by atoms with van der Waals surface area (Å²) >= 11 is 6.33. The van der Waals surface area contributed by atoms with Crippen molar-refractivity contribution in [1.29, 1.82) is 0 Å². The van der Waals surface area contributed by atoms with Crippen molar-refractivity contribution in [2.24, 2.45) is 5.41 Å². The van der Waals surface area contributed by atoms with E-state index in [2.05, 4.69) is 31.0 Å². The highest BCUT2D eigenvalue weighted by Gasteiger charge is 2.24. The molecule has 5 nitrogen and oxygen atoms in total. The van der Waals surface area contributed by atoms with Crippen LogP contribution in [0.25, 0.3) is 0 Å². The van der Waals surface area contributed by atoms with E-state index in [9.17, 15) is 9.90 Å². The molecule has 2 N–H and O–H groups in total. The second kappa shape index (κ2) is 9.76. The van der Waals surface area contributed by atoms with Crippen molar-refractivity contribution in [3.63, 3.8) is 0 Å². The third-order valence-corrected chi connectivity index (χ3v) is 4.99. The molecule has 1 saturated heterocycles. The Hall–Kier alpha value is -1.30. The molecule has 0 aromatic heterocycles. The first-order chi connectivity index (χ1) is 12.7. The minimum atomic E-state index is -0.531. The van der Waals surface area contributed by atoms with Gasteiger partial charge < -0.3 is 20.1 Å². The Morgan fingerprint density at radius 3 is 2.59 bits per heavy atom. The van der Waals surface area contributed by atoms with Gasteiger partial charge in [-0.05, 0) is 42.9 Å². The van der Waals surface area contributed by atoms with Crippen molar-refractivity contribution < 1.29 is 14.6 Å². The monoisotopic (exact) mass is 396 g/mol. The Kier molecular flexibility index (Phi) is 7.95. The molecule has 1 unspecified atom stereocenters. The highest BCUT2D eigenvalue weighted by Crippen LogP contribution is 2.29. The Morgan fingerprint density at radius 2 is 2.04 bits per heavy atom. The first-order valence-electron chi connectivity index (χ1n) is 9.83. The first-order valence-corrected chi connectivity index (χ1v) is 10.2. The van der Waals surface area contributed by atoms with Crippen LogP contribution >= 0.6 is 11.6 Å². The standard InChI is InChI=1S/C21H33ClN2O3/c1-5-16(25)13-23-20(26)15-6-7-19(18(22)12-15)27-17-8-10-24(11-9-17)14-21(2,3)4/h6-7,12,16-17,25H,5,8-11,13-14H2,1-4H3,(H,23,26). The molecular weight excluding hydrogens is 364 g/mol. The van der Waals surface area contributed by atoms with E-state index >= 15 is 0 Å². The minimum Gasteiger partial charge on any atom is -0.489 e. The molecule has 0 bridgehead atoms. The maximum atomic E-state index is 12.1. The maximum absolute atomic E-state index is 12.1. The van der Waals surface area contributed by atoms with Gasteiger partial charge in [-0.15, -0.1) is 0 Å². The van der Waals surface area contributed by atoms with Crippen molar-refractivity contribution in [1.82, 2.24) is 10.2 Å². The molecule has 1 fully saturated rings. The lowest BCUT2D eigenvalue weighted by Crippen LogP contribution is -2.42. The number of hydrogen-bond acceptors (Lipinski definition) is 4. The first kappa shape index (κ1) is 22.0. The fourth-order valence-corrected chi connectivity index (χ4v) is 3.46. The van der Waals surface area contributed by atoms with E-state index in [1.165, 1.54) is 0 Å². The van der Waals surface area contributed by atoms with Crippen LogP contribution in [0.3, 0.4) is 0 Å². The van der Waals surface area contributed by atoms with Crippen molar-refractivity contribution >= 4 is 17.5 Å². The van der Waals surface area contributed by atoms with E-state index in [-0.39, 0.29) is 18.6 Å². The topological polar surface area (TPSA) is 61.8 Å². The van der Waals surface area contributed by atoms with Crippen molar-refractivity contribution in [2.45, 2.75) is 59.2 Å². The number of likely N-dealkylation sites (tertiary alicyclic amines) is 1. The summed E-state index contributed by atoms with van der Waals surface area (Å²) in [5.41, 5.74) is 0.774. The summed E-state index contributed by atoms with van der Waals surface area (Å²) in [5.74, 6) is 0.377. The van der Waals surface area contributed by atoms with Crippen molar-refractivity contribution in [2.75, 3.05) is 26.2 Å². The zero-order valence-corrected chi connectivity index (χ0v) is 17.7. The van der Waals surface area contributed by atoms with Gasteiger partial charge in [-0.3, -0.25) is 4.79 Å². The number of benzene rings is 1. The van der Waals surface area contributed by atoms with Crippen LogP contribution in [0.2, 0.25) is 5.02 Å². The molecule has 0 spiro atoms. The molecule has 1 aromatic rings. The second-order valence-electron chi connectivity index (χ2n) is 8.57. The molecule has 1 atom stereocenters. The van der Waals surface area contributed by atoms with Gasteiger partial charge in [-0.25, -0.2) is 0 Å². The maximum Gasteiger partial charge on any atom is 0.251 e. The number of halogens is 1. The Bertz CT molecular complexity index is 622. The molecule has 1 amide bonds. The number of aliphatic hydroxyl groups is 1. The zero-order chi connectivity index (χ0) is 20.0. The van der Waals surface area contributed by atoms with E-state index in [1.54, 1.807) is 18.2 Å². The molecule has 27 heavy (non-hydrogen) atoms. The van der Waals surface area contributed by atoms with E-state index in [0.29, 0.717) is 28.2 Å². The van der Waals surface area contributed by atoms with Crippen LogP contribution in [0.1, 0.15) is 57.3 Å². The molecule has 2 rings (SSSR count). The van der Waals surface area contributed by atoms with E-state index in [0.717, 1.165) is 32.5 Å². The number of carbonyl (C=O) groups is 1. The molecule has 6 heteroatoms. The van der Waals surface area contributed by atoms with Gasteiger partial charge in [0.1, 0.15) is 11.9 Å². The lowest BCUT2D eigenvalue weighted by atomic mass is 9.94. The quantitative estimate of drug-likeness (QED) is 0.737. The largest absolute Gasteiger partial charge is 0.489 e. The number of aliphatic hydroxyl groups excluding tert-OH is 1. The van der Waals surface area contributed by atoms with Crippen LogP contribution in [0.5, 0.6) is 5.75 Å². The summed E-state index contributed by atoms with van der Waals surface area (Å²) in [6.45, 7) is 12.0. The van der Waals surface area contributed by atoms with Gasteiger partial charge in [0.15, 0.2) is 0 Å². The fraction of sp³-hybridized carbons (Fsp3) is 0.667. The highest BCUT2D eigenvalue weighted by atomic mass is 35.5. The van der Waals surface area contributed by atoms with Gasteiger partial charge in [0, 0.05) is 31.7 Å². The number of hydrogen-bond donors (Lipinski definition) is 2. The predicted molar refractivity (Wildman–Crippen MR) is 110 cm³/mol. The van der Waals surface area contributed by atoms with Gasteiger partial charge in [0.2, 0.25) is 0 Å². The number of piperidine rings is 1. The van der Waals surface area contributed by atoms with Gasteiger partial charge in [0.25, 0.3) is 5.91 Å². The molecule has 152 valence electrons. The average molecular weight is 397 g/mol. The molecule has 1 aromatic carbocycles. The van der Waals surface area contributed by atoms with Crippen LogP contribution in [0.4, 0.5) is 0 Å². The van der Waals surface area contributed by atoms with Crippen molar-refractivity contribution in [3.8, 4) is 5.75 Å². The summed E-state index contributed by atoms with van der Waals surface area (Å²) in [5, 5.41) is 12.7. The van der Waals surface area contributed by atoms with Gasteiger partial charge in [-0.2, -0.15) is 0 Å². The molecule has 0 saturated carbocycles. The van der Waals surface area contributed by atoms with Gasteiger partial charge in [-0.1, -0.05) is 39.3 Å². The normalized spacial score (nSPS) is 17.6. The average Bonchev–Trinajstić information content (AvgIpc) is 2.61. The Labute approximate surface area is 168 Å². The lowest BCUT2D eigenvalue weighted by Gasteiger charge is -2.36. The van der Waals surface area contributed by atoms with E-state index < -0.39 is 6.10 Å². The van der Waals surface area contributed by atoms with Crippen LogP contribution < -0.4 is 10.1 Å². The Balaban J connectivity index is 1.87. The number of amides is 1. The summed E-state index contributed by atoms with van der Waals surface area (Å²) in [6.07, 6.45) is 2.17. The molecule has 1 aliphatic rings. The number of carbonyl (C=O) groups excluding carboxylic acids is 1. The zero-order valence-electron chi connectivity index (χ0n) is 16.9. The number of ether oxygens (including phenoxy) is 1. The fourth-order valence-electron chi connectivity index (χ4n) is 3.23. The SMILES string of the molecule is CCC(O)CNC(=O)c1ccc(OC2CCN(CC(C)(C)C)CC2)c(Cl)c1.